The van der Waals surface area contributed by atoms with E-state index in [1.54, 1.807) is 31.2 Å². The van der Waals surface area contributed by atoms with Crippen LogP contribution in [0.25, 0.3) is 0 Å². The predicted molar refractivity (Wildman–Crippen MR) is 72.3 cm³/mol. The fourth-order valence-corrected chi connectivity index (χ4v) is 1.49. The van der Waals surface area contributed by atoms with Crippen molar-refractivity contribution in [3.8, 4) is 11.5 Å². The molecule has 0 aliphatic rings. The van der Waals surface area contributed by atoms with E-state index in [1.165, 1.54) is 7.11 Å². The van der Waals surface area contributed by atoms with Gasteiger partial charge in [-0.25, -0.2) is 0 Å². The SMILES string of the molecule is C=CCNC(=O)COc1cc(OC)ccc1[C@@H](C)O. The third-order valence-corrected chi connectivity index (χ3v) is 2.47. The van der Waals surface area contributed by atoms with Gasteiger partial charge in [-0.2, -0.15) is 0 Å². The van der Waals surface area contributed by atoms with Gasteiger partial charge in [0, 0.05) is 18.2 Å². The van der Waals surface area contributed by atoms with Crippen molar-refractivity contribution in [3.05, 3.63) is 36.4 Å². The monoisotopic (exact) mass is 265 g/mol. The molecule has 0 aliphatic carbocycles. The first-order chi connectivity index (χ1) is 9.08. The Bertz CT molecular complexity index is 443. The summed E-state index contributed by atoms with van der Waals surface area (Å²) in [4.78, 5) is 11.4. The number of carbonyl (C=O) groups is 1. The molecule has 0 saturated carbocycles. The number of hydrogen-bond donors (Lipinski definition) is 2. The summed E-state index contributed by atoms with van der Waals surface area (Å²) in [6.45, 7) is 5.41. The maximum Gasteiger partial charge on any atom is 0.258 e. The van der Waals surface area contributed by atoms with Crippen molar-refractivity contribution >= 4 is 5.91 Å². The third kappa shape index (κ3) is 4.63. The minimum Gasteiger partial charge on any atom is -0.497 e. The van der Waals surface area contributed by atoms with Gasteiger partial charge >= 0.3 is 0 Å². The maximum atomic E-state index is 11.4. The maximum absolute atomic E-state index is 11.4. The lowest BCUT2D eigenvalue weighted by atomic mass is 10.1. The molecule has 2 N–H and O–H groups in total. The fraction of sp³-hybridized carbons (Fsp3) is 0.357. The largest absolute Gasteiger partial charge is 0.497 e. The van der Waals surface area contributed by atoms with Crippen molar-refractivity contribution in [2.45, 2.75) is 13.0 Å². The highest BCUT2D eigenvalue weighted by atomic mass is 16.5. The Hall–Kier alpha value is -2.01. The predicted octanol–water partition coefficient (Wildman–Crippen LogP) is 1.43. The Morgan fingerprint density at radius 3 is 2.89 bits per heavy atom. The normalized spacial score (nSPS) is 11.5. The van der Waals surface area contributed by atoms with Gasteiger partial charge in [0.05, 0.1) is 13.2 Å². The molecule has 1 aromatic carbocycles. The second kappa shape index (κ2) is 7.43. The lowest BCUT2D eigenvalue weighted by Gasteiger charge is -2.14. The van der Waals surface area contributed by atoms with E-state index in [9.17, 15) is 9.90 Å². The molecular formula is C14H19NO4. The highest BCUT2D eigenvalue weighted by Crippen LogP contribution is 2.29. The molecule has 5 heteroatoms. The van der Waals surface area contributed by atoms with Crippen LogP contribution in [0.3, 0.4) is 0 Å². The van der Waals surface area contributed by atoms with E-state index in [-0.39, 0.29) is 12.5 Å². The summed E-state index contributed by atoms with van der Waals surface area (Å²) in [7, 11) is 1.54. The van der Waals surface area contributed by atoms with Crippen molar-refractivity contribution < 1.29 is 19.4 Å². The zero-order chi connectivity index (χ0) is 14.3. The molecule has 19 heavy (non-hydrogen) atoms. The van der Waals surface area contributed by atoms with E-state index in [4.69, 9.17) is 9.47 Å². The van der Waals surface area contributed by atoms with Gasteiger partial charge < -0.3 is 19.9 Å². The van der Waals surface area contributed by atoms with Crippen LogP contribution in [0.1, 0.15) is 18.6 Å². The Morgan fingerprint density at radius 1 is 1.58 bits per heavy atom. The van der Waals surface area contributed by atoms with Crippen LogP contribution in [0.15, 0.2) is 30.9 Å². The van der Waals surface area contributed by atoms with E-state index < -0.39 is 6.10 Å². The highest BCUT2D eigenvalue weighted by molar-refractivity contribution is 5.77. The Balaban J connectivity index is 2.74. The molecule has 1 atom stereocenters. The van der Waals surface area contributed by atoms with Crippen molar-refractivity contribution in [1.29, 1.82) is 0 Å². The van der Waals surface area contributed by atoms with Crippen LogP contribution in [0.2, 0.25) is 0 Å². The molecule has 0 bridgehead atoms. The topological polar surface area (TPSA) is 67.8 Å². The number of methoxy groups -OCH3 is 1. The summed E-state index contributed by atoms with van der Waals surface area (Å²) in [6, 6.07) is 5.08. The molecule has 0 fully saturated rings. The Morgan fingerprint density at radius 2 is 2.32 bits per heavy atom. The van der Waals surface area contributed by atoms with Gasteiger partial charge in [0.25, 0.3) is 5.91 Å². The number of aliphatic hydroxyl groups is 1. The lowest BCUT2D eigenvalue weighted by Crippen LogP contribution is -2.29. The van der Waals surface area contributed by atoms with E-state index in [0.717, 1.165) is 0 Å². The number of hydrogen-bond acceptors (Lipinski definition) is 4. The number of nitrogens with one attached hydrogen (secondary N) is 1. The second-order valence-corrected chi connectivity index (χ2v) is 3.96. The molecule has 0 saturated heterocycles. The number of ether oxygens (including phenoxy) is 2. The van der Waals surface area contributed by atoms with E-state index in [0.29, 0.717) is 23.6 Å². The molecule has 0 spiro atoms. The molecule has 0 radical (unpaired) electrons. The van der Waals surface area contributed by atoms with Crippen LogP contribution in [-0.2, 0) is 4.79 Å². The first-order valence-electron chi connectivity index (χ1n) is 5.95. The number of benzene rings is 1. The summed E-state index contributed by atoms with van der Waals surface area (Å²) in [5, 5.41) is 12.2. The molecule has 1 rings (SSSR count). The van der Waals surface area contributed by atoms with Crippen LogP contribution in [0.5, 0.6) is 11.5 Å². The number of aliphatic hydroxyl groups excluding tert-OH is 1. The van der Waals surface area contributed by atoms with Crippen LogP contribution in [0, 0.1) is 0 Å². The van der Waals surface area contributed by atoms with Crippen molar-refractivity contribution in [2.75, 3.05) is 20.3 Å². The van der Waals surface area contributed by atoms with Crippen molar-refractivity contribution in [1.82, 2.24) is 5.32 Å². The fourth-order valence-electron chi connectivity index (χ4n) is 1.49. The molecule has 104 valence electrons. The van der Waals surface area contributed by atoms with Crippen LogP contribution >= 0.6 is 0 Å². The summed E-state index contributed by atoms with van der Waals surface area (Å²) in [6.07, 6.45) is 0.905. The molecule has 5 nitrogen and oxygen atoms in total. The standard InChI is InChI=1S/C14H19NO4/c1-4-7-15-14(17)9-19-13-8-11(18-3)5-6-12(13)10(2)16/h4-6,8,10,16H,1,7,9H2,2-3H3,(H,15,17)/t10-/m1/s1. The first-order valence-corrected chi connectivity index (χ1v) is 5.95. The lowest BCUT2D eigenvalue weighted by molar-refractivity contribution is -0.122. The van der Waals surface area contributed by atoms with Crippen LogP contribution in [-0.4, -0.2) is 31.3 Å². The smallest absolute Gasteiger partial charge is 0.258 e. The minimum atomic E-state index is -0.683. The van der Waals surface area contributed by atoms with Crippen molar-refractivity contribution in [3.63, 3.8) is 0 Å². The number of rotatable bonds is 7. The Kier molecular flexibility index (Phi) is 5.89. The molecule has 0 unspecified atom stereocenters. The molecule has 0 aromatic heterocycles. The molecule has 1 aromatic rings. The van der Waals surface area contributed by atoms with Crippen LogP contribution in [0.4, 0.5) is 0 Å². The zero-order valence-corrected chi connectivity index (χ0v) is 11.2. The van der Waals surface area contributed by atoms with Gasteiger partial charge in [-0.05, 0) is 19.1 Å². The van der Waals surface area contributed by atoms with Gasteiger partial charge in [0.2, 0.25) is 0 Å². The molecule has 0 heterocycles. The summed E-state index contributed by atoms with van der Waals surface area (Å²) in [5.74, 6) is 0.785. The van der Waals surface area contributed by atoms with E-state index in [1.807, 2.05) is 0 Å². The quantitative estimate of drug-likeness (QED) is 0.732. The third-order valence-electron chi connectivity index (χ3n) is 2.47. The van der Waals surface area contributed by atoms with Gasteiger partial charge in [-0.1, -0.05) is 6.08 Å². The summed E-state index contributed by atoms with van der Waals surface area (Å²) < 4.78 is 10.5. The molecule has 1 amide bonds. The number of carbonyl (C=O) groups excluding carboxylic acids is 1. The minimum absolute atomic E-state index is 0.124. The molecule has 0 aliphatic heterocycles. The second-order valence-electron chi connectivity index (χ2n) is 3.96. The highest BCUT2D eigenvalue weighted by Gasteiger charge is 2.12. The van der Waals surface area contributed by atoms with E-state index >= 15 is 0 Å². The van der Waals surface area contributed by atoms with Gasteiger partial charge in [-0.15, -0.1) is 6.58 Å². The van der Waals surface area contributed by atoms with Gasteiger partial charge in [0.1, 0.15) is 11.5 Å². The van der Waals surface area contributed by atoms with Crippen molar-refractivity contribution in [2.24, 2.45) is 0 Å². The van der Waals surface area contributed by atoms with Crippen LogP contribution < -0.4 is 14.8 Å². The zero-order valence-electron chi connectivity index (χ0n) is 11.2. The average molecular weight is 265 g/mol. The van der Waals surface area contributed by atoms with Gasteiger partial charge in [0.15, 0.2) is 6.61 Å². The first kappa shape index (κ1) is 15.0. The summed E-state index contributed by atoms with van der Waals surface area (Å²) in [5.41, 5.74) is 0.609. The van der Waals surface area contributed by atoms with E-state index in [2.05, 4.69) is 11.9 Å². The summed E-state index contributed by atoms with van der Waals surface area (Å²) >= 11 is 0. The number of amides is 1. The Labute approximate surface area is 112 Å². The van der Waals surface area contributed by atoms with Gasteiger partial charge in [-0.3, -0.25) is 4.79 Å². The molecular weight excluding hydrogens is 246 g/mol. The average Bonchev–Trinajstić information content (AvgIpc) is 2.42.